The Bertz CT molecular complexity index is 676. The maximum atomic E-state index is 12.6. The van der Waals surface area contributed by atoms with Crippen LogP contribution in [-0.4, -0.2) is 48.4 Å². The Morgan fingerprint density at radius 2 is 2.00 bits per heavy atom. The number of carbonyl (C=O) groups is 1. The number of hydrogen-bond acceptors (Lipinski definition) is 5. The number of aliphatic hydroxyl groups excluding tert-OH is 1. The fourth-order valence-corrected chi connectivity index (χ4v) is 2.33. The molecule has 0 spiro atoms. The van der Waals surface area contributed by atoms with E-state index in [0.29, 0.717) is 31.1 Å². The van der Waals surface area contributed by atoms with Gasteiger partial charge in [-0.2, -0.15) is 0 Å². The molecule has 1 aromatic carbocycles. The van der Waals surface area contributed by atoms with E-state index < -0.39 is 0 Å². The highest BCUT2D eigenvalue weighted by atomic mass is 16.5. The minimum atomic E-state index is -0.272. The van der Waals surface area contributed by atoms with Gasteiger partial charge in [0.2, 0.25) is 5.88 Å². The fourth-order valence-electron chi connectivity index (χ4n) is 2.33. The Labute approximate surface area is 147 Å². The number of aliphatic hydroxyl groups is 1. The van der Waals surface area contributed by atoms with Crippen molar-refractivity contribution in [2.24, 2.45) is 0 Å². The lowest BCUT2D eigenvalue weighted by molar-refractivity contribution is 0.198. The summed E-state index contributed by atoms with van der Waals surface area (Å²) in [6.45, 7) is 0.809. The molecule has 134 valence electrons. The van der Waals surface area contributed by atoms with Gasteiger partial charge in [0.25, 0.3) is 0 Å². The van der Waals surface area contributed by atoms with E-state index in [1.807, 2.05) is 24.3 Å². The molecule has 0 aliphatic carbocycles. The normalized spacial score (nSPS) is 10.2. The number of urea groups is 1. The molecule has 0 fully saturated rings. The van der Waals surface area contributed by atoms with Gasteiger partial charge in [0.15, 0.2) is 0 Å². The number of benzene rings is 1. The number of para-hydroxylation sites is 1. The van der Waals surface area contributed by atoms with Crippen molar-refractivity contribution in [3.8, 4) is 11.6 Å². The summed E-state index contributed by atoms with van der Waals surface area (Å²) < 4.78 is 10.3. The fraction of sp³-hybridized carbons (Fsp3) is 0.333. The van der Waals surface area contributed by atoms with E-state index in [2.05, 4.69) is 10.3 Å². The Balaban J connectivity index is 2.10. The van der Waals surface area contributed by atoms with Gasteiger partial charge < -0.3 is 24.8 Å². The third kappa shape index (κ3) is 5.36. The number of nitrogens with one attached hydrogen (secondary N) is 1. The number of amides is 2. The van der Waals surface area contributed by atoms with Crippen LogP contribution in [0.1, 0.15) is 12.0 Å². The van der Waals surface area contributed by atoms with Crippen LogP contribution in [0.5, 0.6) is 11.6 Å². The average Bonchev–Trinajstić information content (AvgIpc) is 2.65. The summed E-state index contributed by atoms with van der Waals surface area (Å²) in [5, 5.41) is 11.9. The maximum absolute atomic E-state index is 12.6. The zero-order valence-corrected chi connectivity index (χ0v) is 14.4. The molecule has 0 unspecified atom stereocenters. The van der Waals surface area contributed by atoms with Gasteiger partial charge in [0, 0.05) is 24.8 Å². The smallest absolute Gasteiger partial charge is 0.322 e. The van der Waals surface area contributed by atoms with Crippen molar-refractivity contribution in [2.45, 2.75) is 13.0 Å². The molecule has 25 heavy (non-hydrogen) atoms. The lowest BCUT2D eigenvalue weighted by atomic mass is 10.2. The van der Waals surface area contributed by atoms with Gasteiger partial charge >= 0.3 is 6.03 Å². The molecule has 2 amide bonds. The molecule has 2 N–H and O–H groups in total. The Morgan fingerprint density at radius 3 is 2.64 bits per heavy atom. The Morgan fingerprint density at radius 1 is 1.20 bits per heavy atom. The lowest BCUT2D eigenvalue weighted by Gasteiger charge is -2.24. The van der Waals surface area contributed by atoms with Crippen LogP contribution in [0.2, 0.25) is 0 Å². The average molecular weight is 345 g/mol. The standard InChI is InChI=1S/C18H23N3O4/c1-24-16-7-4-3-6-14(16)13-21(10-5-11-22)18(23)20-15-8-9-17(25-2)19-12-15/h3-4,6-9,12,22H,5,10-11,13H2,1-2H3,(H,20,23). The number of hydrogen-bond donors (Lipinski definition) is 2. The van der Waals surface area contributed by atoms with E-state index in [9.17, 15) is 4.79 Å². The number of methoxy groups -OCH3 is 2. The van der Waals surface area contributed by atoms with Gasteiger partial charge in [-0.25, -0.2) is 9.78 Å². The molecular weight excluding hydrogens is 322 g/mol. The maximum Gasteiger partial charge on any atom is 0.322 e. The van der Waals surface area contributed by atoms with E-state index in [1.165, 1.54) is 13.3 Å². The number of anilines is 1. The van der Waals surface area contributed by atoms with Crippen molar-refractivity contribution < 1.29 is 19.4 Å². The second-order valence-electron chi connectivity index (χ2n) is 5.33. The van der Waals surface area contributed by atoms with Gasteiger partial charge in [0.1, 0.15) is 5.75 Å². The summed E-state index contributed by atoms with van der Waals surface area (Å²) in [6.07, 6.45) is 2.02. The molecule has 7 heteroatoms. The Kier molecular flexibility index (Phi) is 7.03. The summed E-state index contributed by atoms with van der Waals surface area (Å²) in [4.78, 5) is 18.3. The largest absolute Gasteiger partial charge is 0.496 e. The number of aromatic nitrogens is 1. The lowest BCUT2D eigenvalue weighted by Crippen LogP contribution is -2.35. The number of rotatable bonds is 8. The second kappa shape index (κ2) is 9.48. The van der Waals surface area contributed by atoms with Gasteiger partial charge in [0.05, 0.1) is 32.6 Å². The first-order valence-electron chi connectivity index (χ1n) is 7.96. The summed E-state index contributed by atoms with van der Waals surface area (Å²) >= 11 is 0. The Hall–Kier alpha value is -2.80. The van der Waals surface area contributed by atoms with Crippen molar-refractivity contribution in [3.05, 3.63) is 48.2 Å². The molecule has 0 bridgehead atoms. The summed E-state index contributed by atoms with van der Waals surface area (Å²) in [5.74, 6) is 1.19. The molecule has 7 nitrogen and oxygen atoms in total. The zero-order valence-electron chi connectivity index (χ0n) is 14.4. The SMILES string of the molecule is COc1ccc(NC(=O)N(CCCO)Cc2ccccc2OC)cn1. The van der Waals surface area contributed by atoms with Crippen LogP contribution in [0.4, 0.5) is 10.5 Å². The van der Waals surface area contributed by atoms with Gasteiger partial charge in [-0.15, -0.1) is 0 Å². The molecule has 0 saturated carbocycles. The van der Waals surface area contributed by atoms with Crippen molar-refractivity contribution in [2.75, 3.05) is 32.7 Å². The predicted molar refractivity (Wildman–Crippen MR) is 94.9 cm³/mol. The molecule has 1 heterocycles. The van der Waals surface area contributed by atoms with Gasteiger partial charge in [-0.05, 0) is 18.6 Å². The van der Waals surface area contributed by atoms with Crippen LogP contribution in [0.3, 0.4) is 0 Å². The predicted octanol–water partition coefficient (Wildman–Crippen LogP) is 2.52. The molecular formula is C18H23N3O4. The minimum Gasteiger partial charge on any atom is -0.496 e. The van der Waals surface area contributed by atoms with Crippen molar-refractivity contribution >= 4 is 11.7 Å². The number of nitrogens with zero attached hydrogens (tertiary/aromatic N) is 2. The number of carbonyl (C=O) groups excluding carboxylic acids is 1. The zero-order chi connectivity index (χ0) is 18.1. The first kappa shape index (κ1) is 18.5. The molecule has 1 aromatic heterocycles. The van der Waals surface area contributed by atoms with E-state index in [1.54, 1.807) is 24.1 Å². The van der Waals surface area contributed by atoms with E-state index in [0.717, 1.165) is 11.3 Å². The first-order chi connectivity index (χ1) is 12.2. The van der Waals surface area contributed by atoms with Crippen LogP contribution in [0.25, 0.3) is 0 Å². The highest BCUT2D eigenvalue weighted by molar-refractivity contribution is 5.89. The van der Waals surface area contributed by atoms with Crippen LogP contribution in [0, 0.1) is 0 Å². The summed E-state index contributed by atoms with van der Waals surface area (Å²) in [7, 11) is 3.13. The second-order valence-corrected chi connectivity index (χ2v) is 5.33. The van der Waals surface area contributed by atoms with Crippen molar-refractivity contribution in [1.82, 2.24) is 9.88 Å². The van der Waals surface area contributed by atoms with Crippen molar-refractivity contribution in [3.63, 3.8) is 0 Å². The first-order valence-corrected chi connectivity index (χ1v) is 7.96. The highest BCUT2D eigenvalue weighted by Gasteiger charge is 2.16. The molecule has 0 radical (unpaired) electrons. The number of pyridine rings is 1. The molecule has 0 aliphatic heterocycles. The van der Waals surface area contributed by atoms with Gasteiger partial charge in [-0.1, -0.05) is 18.2 Å². The van der Waals surface area contributed by atoms with E-state index in [-0.39, 0.29) is 12.6 Å². The van der Waals surface area contributed by atoms with E-state index >= 15 is 0 Å². The van der Waals surface area contributed by atoms with Gasteiger partial charge in [-0.3, -0.25) is 0 Å². The van der Waals surface area contributed by atoms with Crippen LogP contribution < -0.4 is 14.8 Å². The van der Waals surface area contributed by atoms with E-state index in [4.69, 9.17) is 14.6 Å². The highest BCUT2D eigenvalue weighted by Crippen LogP contribution is 2.20. The number of ether oxygens (including phenoxy) is 2. The molecule has 0 saturated heterocycles. The van der Waals surface area contributed by atoms with Crippen LogP contribution in [0.15, 0.2) is 42.6 Å². The third-order valence-corrected chi connectivity index (χ3v) is 3.62. The molecule has 0 aliphatic rings. The topological polar surface area (TPSA) is 83.9 Å². The van der Waals surface area contributed by atoms with Crippen LogP contribution in [-0.2, 0) is 6.54 Å². The van der Waals surface area contributed by atoms with Crippen molar-refractivity contribution in [1.29, 1.82) is 0 Å². The summed E-state index contributed by atoms with van der Waals surface area (Å²) in [5.41, 5.74) is 1.46. The molecule has 0 atom stereocenters. The molecule has 2 aromatic rings. The molecule has 2 rings (SSSR count). The summed E-state index contributed by atoms with van der Waals surface area (Å²) in [6, 6.07) is 10.7. The van der Waals surface area contributed by atoms with Crippen LogP contribution >= 0.6 is 0 Å². The minimum absolute atomic E-state index is 0.0137. The third-order valence-electron chi connectivity index (χ3n) is 3.62. The quantitative estimate of drug-likeness (QED) is 0.768. The monoisotopic (exact) mass is 345 g/mol.